The molecule has 0 bridgehead atoms. The summed E-state index contributed by atoms with van der Waals surface area (Å²) in [5.41, 5.74) is 0.587. The summed E-state index contributed by atoms with van der Waals surface area (Å²) in [5.74, 6) is -0.113. The fourth-order valence-corrected chi connectivity index (χ4v) is 8.33. The number of alkyl halides is 2. The Labute approximate surface area is 272 Å². The molecule has 0 N–H and O–H groups in total. The van der Waals surface area contributed by atoms with E-state index in [0.717, 1.165) is 41.3 Å². The highest BCUT2D eigenvalue weighted by Gasteiger charge is 2.42. The smallest absolute Gasteiger partial charge is 0.387 e. The van der Waals surface area contributed by atoms with E-state index in [1.807, 2.05) is 0 Å². The number of rotatable bonds is 13. The predicted molar refractivity (Wildman–Crippen MR) is 162 cm³/mol. The van der Waals surface area contributed by atoms with Gasteiger partial charge in [-0.3, -0.25) is 0 Å². The van der Waals surface area contributed by atoms with Crippen molar-refractivity contribution in [2.75, 3.05) is 26.0 Å². The molecule has 2 aromatic carbocycles. The lowest BCUT2D eigenvalue weighted by molar-refractivity contribution is -0.605. The van der Waals surface area contributed by atoms with Crippen molar-refractivity contribution in [3.05, 3.63) is 81.2 Å². The van der Waals surface area contributed by atoms with Gasteiger partial charge in [-0.25, -0.2) is 13.2 Å². The van der Waals surface area contributed by atoms with Crippen molar-refractivity contribution >= 4 is 51.0 Å². The summed E-state index contributed by atoms with van der Waals surface area (Å²) in [6.45, 7) is -2.78. The predicted octanol–water partition coefficient (Wildman–Crippen LogP) is 5.62. The van der Waals surface area contributed by atoms with Gasteiger partial charge in [0.2, 0.25) is 10.0 Å². The van der Waals surface area contributed by atoms with Crippen molar-refractivity contribution in [2.45, 2.75) is 42.2 Å². The first kappa shape index (κ1) is 33.3. The minimum Gasteiger partial charge on any atom is -0.619 e. The summed E-state index contributed by atoms with van der Waals surface area (Å²) in [6, 6.07) is 10.0. The number of hydrogen-bond acceptors (Lipinski definition) is 9. The number of ether oxygens (including phenoxy) is 4. The number of methoxy groups -OCH3 is 1. The third-order valence-electron chi connectivity index (χ3n) is 7.13. The lowest BCUT2D eigenvalue weighted by Crippen LogP contribution is -2.40. The molecule has 10 nitrogen and oxygen atoms in total. The number of halogens is 4. The Morgan fingerprint density at radius 1 is 1.13 bits per heavy atom. The number of esters is 1. The summed E-state index contributed by atoms with van der Waals surface area (Å²) in [4.78, 5) is 13.7. The largest absolute Gasteiger partial charge is 0.619 e. The lowest BCUT2D eigenvalue weighted by atomic mass is 10.0. The zero-order chi connectivity index (χ0) is 32.3. The minimum atomic E-state index is -4.13. The molecule has 2 atom stereocenters. The average molecular weight is 706 g/mol. The molecule has 242 valence electrons. The first-order chi connectivity index (χ1) is 21.5. The zero-order valence-electron chi connectivity index (χ0n) is 23.7. The molecular weight excluding hydrogens is 677 g/mol. The molecule has 1 saturated heterocycles. The topological polar surface area (TPSA) is 118 Å². The Balaban J connectivity index is 1.47. The molecule has 0 radical (unpaired) electrons. The van der Waals surface area contributed by atoms with Gasteiger partial charge in [-0.15, -0.1) is 11.8 Å². The quantitative estimate of drug-likeness (QED) is 0.127. The number of sulfonamides is 1. The van der Waals surface area contributed by atoms with Gasteiger partial charge in [0.05, 0.1) is 18.6 Å². The SMILES string of the molecule is COc1cccc(S(=O)(=O)N2CCSC2C(=O)OC(Cc2c(Cl)c[n+]([O-])cc2Cl)c2ccc(OC(F)F)c(OCC3CC3)c2)c1. The van der Waals surface area contributed by atoms with E-state index in [9.17, 15) is 27.2 Å². The van der Waals surface area contributed by atoms with Crippen LogP contribution >= 0.6 is 35.0 Å². The van der Waals surface area contributed by atoms with Crippen LogP contribution in [-0.4, -0.2) is 56.7 Å². The number of carbonyl (C=O) groups excluding carboxylic acids is 1. The number of pyridine rings is 1. The van der Waals surface area contributed by atoms with Gasteiger partial charge in [-0.05, 0) is 48.6 Å². The van der Waals surface area contributed by atoms with Crippen LogP contribution < -0.4 is 18.9 Å². The van der Waals surface area contributed by atoms with Crippen LogP contribution in [0.1, 0.15) is 30.1 Å². The molecular formula is C29H28Cl2F2N2O8S2. The van der Waals surface area contributed by atoms with Crippen molar-refractivity contribution in [1.29, 1.82) is 0 Å². The fraction of sp³-hybridized carbons (Fsp3) is 0.379. The van der Waals surface area contributed by atoms with E-state index in [0.29, 0.717) is 27.7 Å². The molecule has 0 amide bonds. The van der Waals surface area contributed by atoms with Gasteiger partial charge >= 0.3 is 12.6 Å². The molecule has 2 fully saturated rings. The average Bonchev–Trinajstić information content (AvgIpc) is 3.69. The number of carbonyl (C=O) groups is 1. The zero-order valence-corrected chi connectivity index (χ0v) is 26.9. The van der Waals surface area contributed by atoms with Crippen LogP contribution in [0.3, 0.4) is 0 Å². The number of thioether (sulfide) groups is 1. The van der Waals surface area contributed by atoms with E-state index in [1.165, 1.54) is 43.5 Å². The van der Waals surface area contributed by atoms with Crippen molar-refractivity contribution in [3.63, 3.8) is 0 Å². The number of nitrogens with zero attached hydrogens (tertiary/aromatic N) is 2. The fourth-order valence-electron chi connectivity index (χ4n) is 4.64. The summed E-state index contributed by atoms with van der Waals surface area (Å²) in [6.07, 6.45) is 2.78. The van der Waals surface area contributed by atoms with Gasteiger partial charge in [-0.1, -0.05) is 35.3 Å². The molecule has 2 heterocycles. The molecule has 1 aromatic heterocycles. The first-order valence-electron chi connectivity index (χ1n) is 13.7. The Morgan fingerprint density at radius 3 is 2.53 bits per heavy atom. The van der Waals surface area contributed by atoms with Crippen LogP contribution in [0.5, 0.6) is 17.2 Å². The van der Waals surface area contributed by atoms with Crippen LogP contribution in [0, 0.1) is 11.1 Å². The Morgan fingerprint density at radius 2 is 1.87 bits per heavy atom. The summed E-state index contributed by atoms with van der Waals surface area (Å²) < 4.78 is 76.5. The maximum Gasteiger partial charge on any atom is 0.387 e. The highest BCUT2D eigenvalue weighted by molar-refractivity contribution is 8.02. The number of aromatic nitrogens is 1. The van der Waals surface area contributed by atoms with Gasteiger partial charge in [-0.2, -0.15) is 17.8 Å². The monoisotopic (exact) mass is 704 g/mol. The molecule has 1 aliphatic carbocycles. The van der Waals surface area contributed by atoms with E-state index >= 15 is 0 Å². The van der Waals surface area contributed by atoms with E-state index in [1.54, 1.807) is 6.07 Å². The van der Waals surface area contributed by atoms with Gasteiger partial charge < -0.3 is 24.2 Å². The van der Waals surface area contributed by atoms with E-state index in [4.69, 9.17) is 37.4 Å². The summed E-state index contributed by atoms with van der Waals surface area (Å²) in [7, 11) is -2.72. The second kappa shape index (κ2) is 14.2. The normalized spacial score (nSPS) is 17.7. The van der Waals surface area contributed by atoms with E-state index in [2.05, 4.69) is 4.74 Å². The van der Waals surface area contributed by atoms with E-state index in [-0.39, 0.29) is 51.6 Å². The van der Waals surface area contributed by atoms with Crippen molar-refractivity contribution < 1.29 is 45.7 Å². The van der Waals surface area contributed by atoms with Crippen molar-refractivity contribution in [3.8, 4) is 17.2 Å². The number of benzene rings is 2. The van der Waals surface area contributed by atoms with Crippen LogP contribution in [-0.2, 0) is 26.0 Å². The van der Waals surface area contributed by atoms with Crippen molar-refractivity contribution in [2.24, 2.45) is 5.92 Å². The van der Waals surface area contributed by atoms with Gasteiger partial charge in [0.1, 0.15) is 21.9 Å². The Hall–Kier alpha value is -3.04. The lowest BCUT2D eigenvalue weighted by Gasteiger charge is -2.26. The maximum atomic E-state index is 13.7. The van der Waals surface area contributed by atoms with E-state index < -0.39 is 34.1 Å². The van der Waals surface area contributed by atoms with Crippen molar-refractivity contribution in [1.82, 2.24) is 4.31 Å². The molecule has 16 heteroatoms. The molecule has 3 aromatic rings. The van der Waals surface area contributed by atoms with Crippen LogP contribution in [0.2, 0.25) is 10.0 Å². The highest BCUT2D eigenvalue weighted by atomic mass is 35.5. The molecule has 2 aliphatic rings. The minimum absolute atomic E-state index is 0.00104. The second-order valence-corrected chi connectivity index (χ2v) is 14.2. The number of hydrogen-bond donors (Lipinski definition) is 0. The molecule has 1 aliphatic heterocycles. The molecule has 0 spiro atoms. The third kappa shape index (κ3) is 8.04. The maximum absolute atomic E-state index is 13.7. The third-order valence-corrected chi connectivity index (χ3v) is 11.0. The van der Waals surface area contributed by atoms with Crippen LogP contribution in [0.15, 0.2) is 59.8 Å². The molecule has 2 unspecified atom stereocenters. The van der Waals surface area contributed by atoms with Crippen LogP contribution in [0.25, 0.3) is 0 Å². The molecule has 5 rings (SSSR count). The summed E-state index contributed by atoms with van der Waals surface area (Å²) in [5, 5.41) is 10.6. The molecule has 45 heavy (non-hydrogen) atoms. The highest BCUT2D eigenvalue weighted by Crippen LogP contribution is 2.39. The molecule has 1 saturated carbocycles. The van der Waals surface area contributed by atoms with Gasteiger partial charge in [0, 0.05) is 30.3 Å². The Bertz CT molecular complexity index is 1640. The second-order valence-electron chi connectivity index (χ2n) is 10.3. The Kier molecular flexibility index (Phi) is 10.5. The van der Waals surface area contributed by atoms with Gasteiger partial charge in [0.15, 0.2) is 29.3 Å². The first-order valence-corrected chi connectivity index (χ1v) is 17.0. The van der Waals surface area contributed by atoms with Crippen LogP contribution in [0.4, 0.5) is 8.78 Å². The summed E-state index contributed by atoms with van der Waals surface area (Å²) >= 11 is 13.8. The van der Waals surface area contributed by atoms with Gasteiger partial charge in [0.25, 0.3) is 0 Å². The standard InChI is InChI=1S/C29H28Cl2F2N2O8S2/c1-40-19-3-2-4-20(12-19)45(38,39)35-9-10-44-27(35)28(36)42-25(13-21-22(30)14-34(37)15-23(21)31)18-7-8-24(43-29(32)33)26(11-18)41-16-17-5-6-17/h2-4,7-8,11-12,14-15,17,25,27,29H,5-6,9-10,13,16H2,1H3.